The highest BCUT2D eigenvalue weighted by Gasteiger charge is 2.26. The number of hydrogen-bond donors (Lipinski definition) is 0. The third kappa shape index (κ3) is 2.53. The Balaban J connectivity index is 0.00000162. The third-order valence-corrected chi connectivity index (χ3v) is 2.20. The van der Waals surface area contributed by atoms with Gasteiger partial charge in [-0.3, -0.25) is 0 Å². The van der Waals surface area contributed by atoms with Crippen molar-refractivity contribution in [3.63, 3.8) is 0 Å². The molecule has 2 aromatic carbocycles. The lowest BCUT2D eigenvalue weighted by molar-refractivity contribution is 0.410. The van der Waals surface area contributed by atoms with Crippen LogP contribution in [0.25, 0.3) is 10.8 Å². The first-order valence-electron chi connectivity index (χ1n) is 4.15. The van der Waals surface area contributed by atoms with Crippen LogP contribution in [0.4, 0.5) is 30.7 Å². The van der Waals surface area contributed by atoms with Gasteiger partial charge in [-0.2, -0.15) is 0 Å². The lowest BCUT2D eigenvalue weighted by atomic mass is 10.1. The van der Waals surface area contributed by atoms with Crippen LogP contribution in [0.2, 0.25) is 0 Å². The second-order valence-electron chi connectivity index (χ2n) is 3.16. The lowest BCUT2D eigenvalue weighted by Crippen LogP contribution is -2.03. The van der Waals surface area contributed by atoms with Gasteiger partial charge in [0, 0.05) is 5.39 Å². The Hall–Kier alpha value is -0.959. The van der Waals surface area contributed by atoms with Crippen molar-refractivity contribution in [2.24, 2.45) is 0 Å². The molecule has 0 fully saturated rings. The average molecular weight is 294 g/mol. The maximum Gasteiger partial charge on any atom is 0.316 e. The highest BCUT2D eigenvalue weighted by atomic mass is 24.3. The van der Waals surface area contributed by atoms with Crippen LogP contribution in [0.5, 0.6) is 0 Å². The normalized spacial score (nSPS) is 10.1. The molecular formula is C10H6BF7Mg. The van der Waals surface area contributed by atoms with Crippen LogP contribution in [0.15, 0.2) is 6.07 Å². The minimum absolute atomic E-state index is 0. The van der Waals surface area contributed by atoms with Crippen LogP contribution in [0.1, 0.15) is 0 Å². The first-order valence-corrected chi connectivity index (χ1v) is 4.15. The first kappa shape index (κ1) is 18.0. The number of rotatable bonds is 0. The van der Waals surface area contributed by atoms with Crippen LogP contribution < -0.4 is 0 Å². The van der Waals surface area contributed by atoms with Crippen molar-refractivity contribution < 1.29 is 30.7 Å². The van der Waals surface area contributed by atoms with Crippen molar-refractivity contribution in [3.8, 4) is 0 Å². The molecule has 0 saturated carbocycles. The standard InChI is InChI=1S/C10HF7.BH3.Mg.2H/c11-3-1-2-4(7(14)6(3)13)8(15)10(17)9(16)5(2)12;;;;/h1H;1H3;;;. The molecule has 0 heterocycles. The van der Waals surface area contributed by atoms with Gasteiger partial charge in [-0.15, -0.1) is 0 Å². The third-order valence-electron chi connectivity index (χ3n) is 2.20. The van der Waals surface area contributed by atoms with Gasteiger partial charge in [0.15, 0.2) is 40.7 Å². The Labute approximate surface area is 120 Å². The number of hydrogen-bond acceptors (Lipinski definition) is 0. The molecule has 19 heavy (non-hydrogen) atoms. The number of benzene rings is 2. The maximum atomic E-state index is 13.1. The minimum atomic E-state index is -2.29. The molecular weight excluding hydrogens is 288 g/mol. The highest BCUT2D eigenvalue weighted by Crippen LogP contribution is 2.31. The van der Waals surface area contributed by atoms with E-state index in [9.17, 15) is 30.7 Å². The van der Waals surface area contributed by atoms with E-state index in [1.54, 1.807) is 0 Å². The second-order valence-corrected chi connectivity index (χ2v) is 3.16. The summed E-state index contributed by atoms with van der Waals surface area (Å²) in [5.41, 5.74) is 0. The summed E-state index contributed by atoms with van der Waals surface area (Å²) in [7, 11) is 0. The van der Waals surface area contributed by atoms with E-state index in [1.807, 2.05) is 0 Å². The molecule has 0 bridgehead atoms. The van der Waals surface area contributed by atoms with E-state index < -0.39 is 51.5 Å². The maximum absolute atomic E-state index is 13.1. The van der Waals surface area contributed by atoms with Crippen molar-refractivity contribution in [2.75, 3.05) is 0 Å². The molecule has 0 saturated heterocycles. The zero-order valence-corrected chi connectivity index (χ0v) is 7.72. The van der Waals surface area contributed by atoms with E-state index in [1.165, 1.54) is 0 Å². The largest absolute Gasteiger partial charge is 0.316 e. The lowest BCUT2D eigenvalue weighted by Gasteiger charge is -2.06. The Morgan fingerprint density at radius 3 is 1.53 bits per heavy atom. The molecule has 0 aliphatic rings. The van der Waals surface area contributed by atoms with E-state index in [0.29, 0.717) is 0 Å². The molecule has 0 nitrogen and oxygen atoms in total. The quantitative estimate of drug-likeness (QED) is 0.300. The zero-order chi connectivity index (χ0) is 12.9. The van der Waals surface area contributed by atoms with Gasteiger partial charge in [-0.1, -0.05) is 0 Å². The summed E-state index contributed by atoms with van der Waals surface area (Å²) >= 11 is 0. The zero-order valence-electron chi connectivity index (χ0n) is 7.72. The molecule has 0 unspecified atom stereocenters. The van der Waals surface area contributed by atoms with Gasteiger partial charge in [0.25, 0.3) is 0 Å². The van der Waals surface area contributed by atoms with Crippen molar-refractivity contribution in [1.29, 1.82) is 0 Å². The predicted octanol–water partition coefficient (Wildman–Crippen LogP) is 1.71. The minimum Gasteiger partial charge on any atom is -0.204 e. The molecule has 0 spiro atoms. The molecule has 2 aromatic rings. The van der Waals surface area contributed by atoms with Crippen molar-refractivity contribution in [2.45, 2.75) is 0 Å². The van der Waals surface area contributed by atoms with Crippen molar-refractivity contribution in [1.82, 2.24) is 0 Å². The molecule has 2 rings (SSSR count). The summed E-state index contributed by atoms with van der Waals surface area (Å²) in [5, 5.41) is -2.68. The van der Waals surface area contributed by atoms with E-state index >= 15 is 0 Å². The molecule has 0 atom stereocenters. The Bertz CT molecular complexity index is 636. The SMILES string of the molecule is B.Fc1cc2c(F)c(F)c(F)c(F)c2c(F)c1F.[MgH2]. The van der Waals surface area contributed by atoms with Gasteiger partial charge < -0.3 is 0 Å². The fourth-order valence-electron chi connectivity index (χ4n) is 1.40. The van der Waals surface area contributed by atoms with Crippen molar-refractivity contribution >= 4 is 42.2 Å². The van der Waals surface area contributed by atoms with Crippen LogP contribution in [0.3, 0.4) is 0 Å². The summed E-state index contributed by atoms with van der Waals surface area (Å²) in [6.07, 6.45) is 0. The first-order chi connectivity index (χ1) is 7.86. The molecule has 0 aliphatic carbocycles. The van der Waals surface area contributed by atoms with Gasteiger partial charge >= 0.3 is 23.1 Å². The Morgan fingerprint density at radius 1 is 0.579 bits per heavy atom. The molecule has 9 heteroatoms. The summed E-state index contributed by atoms with van der Waals surface area (Å²) < 4.78 is 90.3. The van der Waals surface area contributed by atoms with E-state index in [-0.39, 0.29) is 37.5 Å². The molecule has 0 aromatic heterocycles. The summed E-state index contributed by atoms with van der Waals surface area (Å²) in [6.45, 7) is 0. The highest BCUT2D eigenvalue weighted by molar-refractivity contribution is 5.84. The molecule has 0 N–H and O–H groups in total. The molecule has 0 radical (unpaired) electrons. The van der Waals surface area contributed by atoms with Crippen molar-refractivity contribution in [3.05, 3.63) is 46.8 Å². The van der Waals surface area contributed by atoms with E-state index in [2.05, 4.69) is 0 Å². The topological polar surface area (TPSA) is 0 Å². The van der Waals surface area contributed by atoms with E-state index in [0.717, 1.165) is 0 Å². The predicted molar refractivity (Wildman–Crippen MR) is 62.1 cm³/mol. The van der Waals surface area contributed by atoms with Gasteiger partial charge in [-0.25, -0.2) is 30.7 Å². The molecule has 100 valence electrons. The molecule has 0 amide bonds. The van der Waals surface area contributed by atoms with E-state index in [4.69, 9.17) is 0 Å². The van der Waals surface area contributed by atoms with Crippen LogP contribution in [0, 0.1) is 40.7 Å². The smallest absolute Gasteiger partial charge is 0.204 e. The van der Waals surface area contributed by atoms with Crippen LogP contribution >= 0.6 is 0 Å². The summed E-state index contributed by atoms with van der Waals surface area (Å²) in [4.78, 5) is 0. The van der Waals surface area contributed by atoms with Gasteiger partial charge in [-0.05, 0) is 6.07 Å². The summed E-state index contributed by atoms with van der Waals surface area (Å²) in [6, 6.07) is 0.0503. The Kier molecular flexibility index (Phi) is 5.69. The van der Waals surface area contributed by atoms with Gasteiger partial charge in [0.05, 0.1) is 13.8 Å². The Morgan fingerprint density at radius 2 is 1.00 bits per heavy atom. The average Bonchev–Trinajstić information content (AvgIpc) is 2.30. The monoisotopic (exact) mass is 294 g/mol. The van der Waals surface area contributed by atoms with Gasteiger partial charge in [0.1, 0.15) is 0 Å². The fourth-order valence-corrected chi connectivity index (χ4v) is 1.40. The van der Waals surface area contributed by atoms with Gasteiger partial charge in [0.2, 0.25) is 0 Å². The molecule has 0 aliphatic heterocycles. The number of fused-ring (bicyclic) bond motifs is 1. The number of halogens is 7. The second kappa shape index (κ2) is 6.00. The van der Waals surface area contributed by atoms with Crippen LogP contribution in [-0.2, 0) is 0 Å². The van der Waals surface area contributed by atoms with Crippen LogP contribution in [-0.4, -0.2) is 31.5 Å². The summed E-state index contributed by atoms with van der Waals surface area (Å²) in [5.74, 6) is -14.7. The fraction of sp³-hybridized carbons (Fsp3) is 0.